The van der Waals surface area contributed by atoms with Gasteiger partial charge in [0, 0.05) is 23.0 Å². The van der Waals surface area contributed by atoms with Crippen LogP contribution in [0.2, 0.25) is 0 Å². The van der Waals surface area contributed by atoms with Crippen molar-refractivity contribution in [3.8, 4) is 17.0 Å². The monoisotopic (exact) mass is 294 g/mol. The van der Waals surface area contributed by atoms with Crippen LogP contribution in [-0.2, 0) is 6.54 Å². The van der Waals surface area contributed by atoms with Crippen molar-refractivity contribution >= 4 is 11.6 Å². The average Bonchev–Trinajstić information content (AvgIpc) is 2.89. The largest absolute Gasteiger partial charge is 0.496 e. The topological polar surface area (TPSA) is 79.1 Å². The lowest BCUT2D eigenvalue weighted by atomic mass is 10.1. The molecule has 112 valence electrons. The van der Waals surface area contributed by atoms with E-state index in [0.717, 1.165) is 22.6 Å². The molecule has 0 spiro atoms. The third-order valence-electron chi connectivity index (χ3n) is 3.52. The van der Waals surface area contributed by atoms with Gasteiger partial charge in [-0.25, -0.2) is 4.98 Å². The highest BCUT2D eigenvalue weighted by atomic mass is 16.5. The van der Waals surface area contributed by atoms with E-state index in [9.17, 15) is 0 Å². The smallest absolute Gasteiger partial charge is 0.201 e. The molecular formula is C17H18N4O. The van der Waals surface area contributed by atoms with Gasteiger partial charge in [-0.2, -0.15) is 0 Å². The number of rotatable bonds is 4. The predicted molar refractivity (Wildman–Crippen MR) is 88.6 cm³/mol. The van der Waals surface area contributed by atoms with E-state index in [1.807, 2.05) is 59.3 Å². The molecule has 2 aromatic carbocycles. The number of nitrogen functional groups attached to an aromatic ring is 2. The van der Waals surface area contributed by atoms with Gasteiger partial charge in [0.15, 0.2) is 0 Å². The summed E-state index contributed by atoms with van der Waals surface area (Å²) in [6.45, 7) is 0.602. The van der Waals surface area contributed by atoms with Crippen molar-refractivity contribution in [2.75, 3.05) is 18.6 Å². The molecule has 0 fully saturated rings. The van der Waals surface area contributed by atoms with Crippen molar-refractivity contribution in [3.63, 3.8) is 0 Å². The van der Waals surface area contributed by atoms with Crippen LogP contribution in [0, 0.1) is 0 Å². The van der Waals surface area contributed by atoms with Crippen LogP contribution in [0.1, 0.15) is 5.56 Å². The summed E-state index contributed by atoms with van der Waals surface area (Å²) in [5, 5.41) is 0. The number of benzene rings is 2. The lowest BCUT2D eigenvalue weighted by molar-refractivity contribution is 0.408. The molecule has 0 unspecified atom stereocenters. The summed E-state index contributed by atoms with van der Waals surface area (Å²) < 4.78 is 7.27. The third kappa shape index (κ3) is 2.74. The van der Waals surface area contributed by atoms with Crippen LogP contribution in [-0.4, -0.2) is 16.7 Å². The molecule has 0 saturated carbocycles. The van der Waals surface area contributed by atoms with E-state index in [-0.39, 0.29) is 0 Å². The minimum atomic E-state index is 0.461. The Bertz CT molecular complexity index is 795. The predicted octanol–water partition coefficient (Wildman–Crippen LogP) is 2.77. The first-order chi connectivity index (χ1) is 10.7. The first-order valence-corrected chi connectivity index (χ1v) is 6.98. The Kier molecular flexibility index (Phi) is 3.70. The Labute approximate surface area is 129 Å². The van der Waals surface area contributed by atoms with Gasteiger partial charge in [0.25, 0.3) is 0 Å². The number of para-hydroxylation sites is 1. The van der Waals surface area contributed by atoms with E-state index in [4.69, 9.17) is 16.2 Å². The zero-order valence-corrected chi connectivity index (χ0v) is 12.4. The van der Waals surface area contributed by atoms with E-state index in [0.29, 0.717) is 18.2 Å². The second-order valence-electron chi connectivity index (χ2n) is 5.05. The highest BCUT2D eigenvalue weighted by Crippen LogP contribution is 2.24. The lowest BCUT2D eigenvalue weighted by Gasteiger charge is -2.09. The minimum Gasteiger partial charge on any atom is -0.496 e. The Morgan fingerprint density at radius 2 is 1.91 bits per heavy atom. The standard InChI is InChI=1S/C17H18N4O/c1-22-16-8-3-2-5-13(16)10-21-11-15(20-17(21)19)12-6-4-7-14(18)9-12/h2-9,11H,10,18H2,1H3,(H2,19,20). The van der Waals surface area contributed by atoms with Gasteiger partial charge in [0.05, 0.1) is 19.3 Å². The molecule has 5 nitrogen and oxygen atoms in total. The molecule has 0 radical (unpaired) electrons. The van der Waals surface area contributed by atoms with Crippen molar-refractivity contribution in [1.29, 1.82) is 0 Å². The van der Waals surface area contributed by atoms with Crippen LogP contribution in [0.4, 0.5) is 11.6 Å². The number of hydrogen-bond acceptors (Lipinski definition) is 4. The van der Waals surface area contributed by atoms with E-state index in [1.54, 1.807) is 7.11 Å². The van der Waals surface area contributed by atoms with Crippen molar-refractivity contribution < 1.29 is 4.74 Å². The Balaban J connectivity index is 1.93. The summed E-state index contributed by atoms with van der Waals surface area (Å²) in [7, 11) is 1.66. The molecule has 5 heteroatoms. The average molecular weight is 294 g/mol. The number of methoxy groups -OCH3 is 1. The number of imidazole rings is 1. The molecule has 22 heavy (non-hydrogen) atoms. The quantitative estimate of drug-likeness (QED) is 0.725. The molecule has 1 heterocycles. The summed E-state index contributed by atoms with van der Waals surface area (Å²) in [6.07, 6.45) is 1.93. The second-order valence-corrected chi connectivity index (χ2v) is 5.05. The van der Waals surface area contributed by atoms with Gasteiger partial charge in [-0.15, -0.1) is 0 Å². The van der Waals surface area contributed by atoms with Crippen molar-refractivity contribution in [1.82, 2.24) is 9.55 Å². The highest BCUT2D eigenvalue weighted by molar-refractivity contribution is 5.64. The number of nitrogens with zero attached hydrogens (tertiary/aromatic N) is 2. The number of anilines is 2. The van der Waals surface area contributed by atoms with E-state index < -0.39 is 0 Å². The molecule has 0 atom stereocenters. The zero-order valence-electron chi connectivity index (χ0n) is 12.4. The van der Waals surface area contributed by atoms with Crippen LogP contribution in [0.5, 0.6) is 5.75 Å². The summed E-state index contributed by atoms with van der Waals surface area (Å²) in [5.41, 5.74) is 15.4. The van der Waals surface area contributed by atoms with Gasteiger partial charge in [-0.3, -0.25) is 0 Å². The van der Waals surface area contributed by atoms with Gasteiger partial charge < -0.3 is 20.8 Å². The summed E-state index contributed by atoms with van der Waals surface area (Å²) in [6, 6.07) is 15.5. The van der Waals surface area contributed by atoms with Gasteiger partial charge in [0.1, 0.15) is 5.75 Å². The highest BCUT2D eigenvalue weighted by Gasteiger charge is 2.10. The van der Waals surface area contributed by atoms with Gasteiger partial charge in [-0.05, 0) is 18.2 Å². The number of ether oxygens (including phenoxy) is 1. The molecular weight excluding hydrogens is 276 g/mol. The first kappa shape index (κ1) is 14.0. The first-order valence-electron chi connectivity index (χ1n) is 6.98. The van der Waals surface area contributed by atoms with Gasteiger partial charge >= 0.3 is 0 Å². The van der Waals surface area contributed by atoms with Crippen LogP contribution >= 0.6 is 0 Å². The minimum absolute atomic E-state index is 0.461. The Hall–Kier alpha value is -2.95. The molecule has 1 aromatic heterocycles. The molecule has 0 amide bonds. The molecule has 0 aliphatic heterocycles. The Morgan fingerprint density at radius 1 is 1.09 bits per heavy atom. The fraction of sp³-hybridized carbons (Fsp3) is 0.118. The summed E-state index contributed by atoms with van der Waals surface area (Å²) in [4.78, 5) is 4.42. The number of nitrogens with two attached hydrogens (primary N) is 2. The van der Waals surface area contributed by atoms with Crippen molar-refractivity contribution in [2.24, 2.45) is 0 Å². The van der Waals surface area contributed by atoms with E-state index >= 15 is 0 Å². The molecule has 3 rings (SSSR count). The maximum atomic E-state index is 6.04. The fourth-order valence-electron chi connectivity index (χ4n) is 2.41. The van der Waals surface area contributed by atoms with Crippen LogP contribution in [0.15, 0.2) is 54.7 Å². The Morgan fingerprint density at radius 3 is 2.68 bits per heavy atom. The molecule has 0 bridgehead atoms. The van der Waals surface area contributed by atoms with Crippen molar-refractivity contribution in [3.05, 3.63) is 60.3 Å². The van der Waals surface area contributed by atoms with Crippen LogP contribution < -0.4 is 16.2 Å². The lowest BCUT2D eigenvalue weighted by Crippen LogP contribution is -2.04. The normalized spacial score (nSPS) is 10.6. The molecule has 0 aliphatic carbocycles. The maximum Gasteiger partial charge on any atom is 0.201 e. The van der Waals surface area contributed by atoms with Gasteiger partial charge in [-0.1, -0.05) is 30.3 Å². The van der Waals surface area contributed by atoms with Crippen LogP contribution in [0.25, 0.3) is 11.3 Å². The zero-order chi connectivity index (χ0) is 15.5. The summed E-state index contributed by atoms with van der Waals surface area (Å²) in [5.74, 6) is 1.30. The molecule has 0 aliphatic rings. The molecule has 3 aromatic rings. The summed E-state index contributed by atoms with van der Waals surface area (Å²) >= 11 is 0. The SMILES string of the molecule is COc1ccccc1Cn1cc(-c2cccc(N)c2)nc1N. The van der Waals surface area contributed by atoms with Gasteiger partial charge in [0.2, 0.25) is 5.95 Å². The fourth-order valence-corrected chi connectivity index (χ4v) is 2.41. The number of aromatic nitrogens is 2. The maximum absolute atomic E-state index is 6.04. The van der Waals surface area contributed by atoms with Crippen molar-refractivity contribution in [2.45, 2.75) is 6.54 Å². The number of hydrogen-bond donors (Lipinski definition) is 2. The second kappa shape index (κ2) is 5.81. The van der Waals surface area contributed by atoms with E-state index in [1.165, 1.54) is 0 Å². The molecule has 0 saturated heterocycles. The van der Waals surface area contributed by atoms with Crippen LogP contribution in [0.3, 0.4) is 0 Å². The molecule has 4 N–H and O–H groups in total. The van der Waals surface area contributed by atoms with E-state index in [2.05, 4.69) is 4.98 Å². The third-order valence-corrected chi connectivity index (χ3v) is 3.52.